The zero-order valence-electron chi connectivity index (χ0n) is 23.9. The van der Waals surface area contributed by atoms with Gasteiger partial charge in [-0.05, 0) is 38.3 Å². The molecular weight excluding hydrogens is 515 g/mol. The van der Waals surface area contributed by atoms with Gasteiger partial charge in [0, 0.05) is 29.8 Å². The van der Waals surface area contributed by atoms with Crippen molar-refractivity contribution in [2.45, 2.75) is 78.0 Å². The highest BCUT2D eigenvalue weighted by atomic mass is 19.1. The third-order valence-electron chi connectivity index (χ3n) is 6.43. The molecule has 1 aromatic carbocycles. The Kier molecular flexibility index (Phi) is 9.32. The van der Waals surface area contributed by atoms with Crippen LogP contribution in [0.1, 0.15) is 70.2 Å². The molecule has 10 heteroatoms. The van der Waals surface area contributed by atoms with E-state index in [1.807, 2.05) is 44.2 Å². The number of carbonyl (C=O) groups is 1. The number of aromatic nitrogens is 4. The van der Waals surface area contributed by atoms with Gasteiger partial charge < -0.3 is 18.9 Å². The van der Waals surface area contributed by atoms with Crippen molar-refractivity contribution < 1.29 is 28.1 Å². The Hall–Kier alpha value is -3.63. The molecule has 0 amide bonds. The van der Waals surface area contributed by atoms with Crippen LogP contribution >= 0.6 is 0 Å². The van der Waals surface area contributed by atoms with Crippen LogP contribution in [0.5, 0.6) is 6.01 Å². The molecule has 40 heavy (non-hydrogen) atoms. The summed E-state index contributed by atoms with van der Waals surface area (Å²) in [6.45, 7) is 9.31. The zero-order valence-corrected chi connectivity index (χ0v) is 23.9. The molecule has 0 bridgehead atoms. The maximum absolute atomic E-state index is 13.7. The van der Waals surface area contributed by atoms with Gasteiger partial charge in [-0.3, -0.25) is 4.79 Å². The summed E-state index contributed by atoms with van der Waals surface area (Å²) in [4.78, 5) is 20.8. The van der Waals surface area contributed by atoms with Crippen molar-refractivity contribution in [3.8, 4) is 23.1 Å². The first kappa shape index (κ1) is 29.4. The van der Waals surface area contributed by atoms with Crippen LogP contribution in [0.3, 0.4) is 0 Å². The number of halogens is 1. The van der Waals surface area contributed by atoms with E-state index in [1.54, 1.807) is 29.9 Å². The fourth-order valence-electron chi connectivity index (χ4n) is 4.83. The second-order valence-corrected chi connectivity index (χ2v) is 10.3. The maximum atomic E-state index is 13.7. The molecule has 1 saturated heterocycles. The number of nitrogens with zero attached hydrogens (tertiary/aromatic N) is 4. The van der Waals surface area contributed by atoms with Gasteiger partial charge in [-0.2, -0.15) is 10.1 Å². The molecule has 1 aliphatic heterocycles. The van der Waals surface area contributed by atoms with Gasteiger partial charge in [-0.15, -0.1) is 0 Å². The summed E-state index contributed by atoms with van der Waals surface area (Å²) in [7, 11) is 1.51. The minimum Gasteiger partial charge on any atom is -0.467 e. The number of hydrogen-bond donors (Lipinski definition) is 0. The monoisotopic (exact) mass is 552 g/mol. The summed E-state index contributed by atoms with van der Waals surface area (Å²) in [5.41, 5.74) is 3.80. The van der Waals surface area contributed by atoms with E-state index in [1.165, 1.54) is 7.11 Å². The second-order valence-electron chi connectivity index (χ2n) is 10.3. The van der Waals surface area contributed by atoms with Gasteiger partial charge in [0.15, 0.2) is 11.6 Å². The molecule has 214 valence electrons. The van der Waals surface area contributed by atoms with Gasteiger partial charge in [0.05, 0.1) is 43.7 Å². The van der Waals surface area contributed by atoms with E-state index in [-0.39, 0.29) is 36.5 Å². The van der Waals surface area contributed by atoms with E-state index in [9.17, 15) is 9.18 Å². The van der Waals surface area contributed by atoms with Crippen molar-refractivity contribution in [1.82, 2.24) is 19.7 Å². The molecule has 0 N–H and O–H groups in total. The number of esters is 1. The fourth-order valence-corrected chi connectivity index (χ4v) is 4.83. The lowest BCUT2D eigenvalue weighted by Gasteiger charge is -2.39. The summed E-state index contributed by atoms with van der Waals surface area (Å²) in [6, 6.07) is 9.28. The van der Waals surface area contributed by atoms with Crippen LogP contribution in [0.4, 0.5) is 4.39 Å². The van der Waals surface area contributed by atoms with Gasteiger partial charge in [-0.1, -0.05) is 44.2 Å². The van der Waals surface area contributed by atoms with Crippen molar-refractivity contribution in [1.29, 1.82) is 0 Å². The lowest BCUT2D eigenvalue weighted by atomic mass is 9.97. The number of alkyl halides is 1. The Bertz CT molecular complexity index is 1350. The number of rotatable bonds is 10. The van der Waals surface area contributed by atoms with E-state index in [4.69, 9.17) is 24.0 Å². The van der Waals surface area contributed by atoms with E-state index in [2.05, 4.69) is 23.8 Å². The Balaban J connectivity index is 1.80. The lowest BCUT2D eigenvalue weighted by molar-refractivity contribution is -0.290. The van der Waals surface area contributed by atoms with Crippen molar-refractivity contribution in [3.63, 3.8) is 0 Å². The topological polar surface area (TPSA) is 97.6 Å². The molecular formula is C30H37FN4O5. The molecule has 0 spiro atoms. The van der Waals surface area contributed by atoms with Gasteiger partial charge in [0.1, 0.15) is 6.67 Å². The maximum Gasteiger partial charge on any atom is 0.318 e. The predicted octanol–water partition coefficient (Wildman–Crippen LogP) is 5.81. The number of hydrogen-bond acceptors (Lipinski definition) is 8. The first-order valence-corrected chi connectivity index (χ1v) is 13.5. The van der Waals surface area contributed by atoms with E-state index < -0.39 is 12.5 Å². The Labute approximate surface area is 234 Å². The third kappa shape index (κ3) is 6.92. The number of methoxy groups -OCH3 is 1. The van der Waals surface area contributed by atoms with Crippen LogP contribution in [0.25, 0.3) is 23.2 Å². The highest BCUT2D eigenvalue weighted by Crippen LogP contribution is 2.35. The van der Waals surface area contributed by atoms with Gasteiger partial charge in [-0.25, -0.2) is 14.1 Å². The van der Waals surface area contributed by atoms with Crippen LogP contribution in [0.15, 0.2) is 42.6 Å². The van der Waals surface area contributed by atoms with Crippen LogP contribution in [0.2, 0.25) is 0 Å². The van der Waals surface area contributed by atoms with Crippen LogP contribution in [-0.4, -0.2) is 57.4 Å². The van der Waals surface area contributed by atoms with Crippen LogP contribution in [0, 0.1) is 0 Å². The SMILES string of the molecule is CCOC(=O)C[C@H]1C[C@@H](/C=C/c2c(C(C)C)nn(-c3ccnc(OC)n3)c2-c2cccc(CF)c2)OC(C)(C)O1. The molecule has 0 aliphatic carbocycles. The normalized spacial score (nSPS) is 18.8. The van der Waals surface area contributed by atoms with Crippen LogP contribution in [-0.2, 0) is 25.7 Å². The molecule has 1 fully saturated rings. The lowest BCUT2D eigenvalue weighted by Crippen LogP contribution is -2.44. The van der Waals surface area contributed by atoms with Crippen LogP contribution < -0.4 is 4.74 Å². The summed E-state index contributed by atoms with van der Waals surface area (Å²) < 4.78 is 38.0. The predicted molar refractivity (Wildman–Crippen MR) is 149 cm³/mol. The smallest absolute Gasteiger partial charge is 0.318 e. The second kappa shape index (κ2) is 12.7. The van der Waals surface area contributed by atoms with E-state index >= 15 is 0 Å². The molecule has 3 heterocycles. The summed E-state index contributed by atoms with van der Waals surface area (Å²) >= 11 is 0. The van der Waals surface area contributed by atoms with E-state index in [0.29, 0.717) is 24.4 Å². The summed E-state index contributed by atoms with van der Waals surface area (Å²) in [5.74, 6) is -0.597. The molecule has 0 radical (unpaired) electrons. The Morgan fingerprint density at radius 1 is 1.27 bits per heavy atom. The first-order chi connectivity index (χ1) is 19.1. The molecule has 4 rings (SSSR count). The standard InChI is InChI=1S/C30H37FN4O5/c1-7-38-26(36)17-23-16-22(39-30(4,5)40-23)11-12-24-27(19(2)3)34-35(25-13-14-32-29(33-25)37-6)28(24)21-10-8-9-20(15-21)18-31/h8-15,19,22-23H,7,16-18H2,1-6H3/b12-11+/t22-,23-/m1/s1. The molecule has 2 atom stereocenters. The number of benzene rings is 1. The zero-order chi connectivity index (χ0) is 28.9. The van der Waals surface area contributed by atoms with Gasteiger partial charge >= 0.3 is 12.0 Å². The highest BCUT2D eigenvalue weighted by Gasteiger charge is 2.36. The van der Waals surface area contributed by atoms with Crippen molar-refractivity contribution in [3.05, 3.63) is 59.4 Å². The molecule has 0 saturated carbocycles. The summed E-state index contributed by atoms with van der Waals surface area (Å²) in [5, 5.41) is 4.95. The van der Waals surface area contributed by atoms with Gasteiger partial charge in [0.2, 0.25) is 0 Å². The molecule has 0 unspecified atom stereocenters. The van der Waals surface area contributed by atoms with E-state index in [0.717, 1.165) is 22.5 Å². The highest BCUT2D eigenvalue weighted by molar-refractivity contribution is 5.76. The first-order valence-electron chi connectivity index (χ1n) is 13.5. The Morgan fingerprint density at radius 2 is 2.08 bits per heavy atom. The number of carbonyl (C=O) groups excluding carboxylic acids is 1. The average Bonchev–Trinajstić information content (AvgIpc) is 3.31. The van der Waals surface area contributed by atoms with Crippen molar-refractivity contribution >= 4 is 12.0 Å². The molecule has 3 aromatic rings. The average molecular weight is 553 g/mol. The Morgan fingerprint density at radius 3 is 2.77 bits per heavy atom. The third-order valence-corrected chi connectivity index (χ3v) is 6.43. The molecule has 1 aliphatic rings. The largest absolute Gasteiger partial charge is 0.467 e. The molecule has 9 nitrogen and oxygen atoms in total. The number of ether oxygens (including phenoxy) is 4. The van der Waals surface area contributed by atoms with Crippen molar-refractivity contribution in [2.24, 2.45) is 0 Å². The molecule has 2 aromatic heterocycles. The quantitative estimate of drug-likeness (QED) is 0.291. The minimum atomic E-state index is -0.884. The van der Waals surface area contributed by atoms with Gasteiger partial charge in [0.25, 0.3) is 0 Å². The summed E-state index contributed by atoms with van der Waals surface area (Å²) in [6.07, 6.45) is 5.53. The fraction of sp³-hybridized carbons (Fsp3) is 0.467. The minimum absolute atomic E-state index is 0.0661. The van der Waals surface area contributed by atoms with Crippen molar-refractivity contribution in [2.75, 3.05) is 13.7 Å².